The molecule has 156 valence electrons. The highest BCUT2D eigenvalue weighted by Gasteiger charge is 2.33. The van der Waals surface area contributed by atoms with Crippen molar-refractivity contribution in [3.05, 3.63) is 58.3 Å². The van der Waals surface area contributed by atoms with Crippen LogP contribution >= 0.6 is 11.8 Å². The summed E-state index contributed by atoms with van der Waals surface area (Å²) in [5.74, 6) is 1.80. The molecule has 0 aliphatic carbocycles. The second-order valence-corrected chi connectivity index (χ2v) is 10.2. The summed E-state index contributed by atoms with van der Waals surface area (Å²) in [5.41, 5.74) is 5.03. The number of pyridine rings is 1. The van der Waals surface area contributed by atoms with Crippen molar-refractivity contribution in [3.63, 3.8) is 0 Å². The third kappa shape index (κ3) is 3.91. The molecule has 1 saturated heterocycles. The average Bonchev–Trinajstić information content (AvgIpc) is 2.77. The zero-order valence-electron chi connectivity index (χ0n) is 17.9. The zero-order chi connectivity index (χ0) is 21.3. The van der Waals surface area contributed by atoms with Crippen LogP contribution in [0.1, 0.15) is 53.5 Å². The standard InChI is InChI=1S/C24H28N4OS/c1-4-21-20-16-30-24(2,3)14-18(20)19(15-25)22(26-21)27-10-12-28(13-11-27)23(29)17-8-6-5-7-9-17/h5-9H,4,10-14,16H2,1-3H3. The van der Waals surface area contributed by atoms with Crippen molar-refractivity contribution in [2.75, 3.05) is 31.1 Å². The number of aromatic nitrogens is 1. The lowest BCUT2D eigenvalue weighted by Gasteiger charge is -2.38. The van der Waals surface area contributed by atoms with Crippen molar-refractivity contribution < 1.29 is 4.79 Å². The number of anilines is 1. The maximum absolute atomic E-state index is 12.8. The minimum absolute atomic E-state index is 0.0715. The molecule has 1 aromatic heterocycles. The van der Waals surface area contributed by atoms with E-state index in [1.165, 1.54) is 11.1 Å². The normalized spacial score (nSPS) is 17.9. The highest BCUT2D eigenvalue weighted by Crippen LogP contribution is 2.42. The molecule has 2 aliphatic heterocycles. The minimum atomic E-state index is 0.0715. The molecule has 4 rings (SSSR count). The number of fused-ring (bicyclic) bond motifs is 1. The molecule has 0 atom stereocenters. The van der Waals surface area contributed by atoms with Crippen LogP contribution in [0.25, 0.3) is 0 Å². The fraction of sp³-hybridized carbons (Fsp3) is 0.458. The molecule has 5 nitrogen and oxygen atoms in total. The van der Waals surface area contributed by atoms with Crippen molar-refractivity contribution in [1.29, 1.82) is 5.26 Å². The van der Waals surface area contributed by atoms with E-state index in [9.17, 15) is 10.1 Å². The van der Waals surface area contributed by atoms with Gasteiger partial charge in [-0.25, -0.2) is 4.98 Å². The van der Waals surface area contributed by atoms with Gasteiger partial charge in [-0.3, -0.25) is 4.79 Å². The Kier molecular flexibility index (Phi) is 5.75. The van der Waals surface area contributed by atoms with Crippen LogP contribution in [0.2, 0.25) is 0 Å². The highest BCUT2D eigenvalue weighted by molar-refractivity contribution is 7.99. The Bertz CT molecular complexity index is 989. The van der Waals surface area contributed by atoms with E-state index in [0.29, 0.717) is 26.2 Å². The van der Waals surface area contributed by atoms with Crippen LogP contribution in [-0.4, -0.2) is 46.7 Å². The van der Waals surface area contributed by atoms with Gasteiger partial charge in [0.25, 0.3) is 5.91 Å². The summed E-state index contributed by atoms with van der Waals surface area (Å²) in [4.78, 5) is 21.8. The monoisotopic (exact) mass is 420 g/mol. The average molecular weight is 421 g/mol. The Morgan fingerprint density at radius 3 is 2.50 bits per heavy atom. The Balaban J connectivity index is 1.60. The van der Waals surface area contributed by atoms with Crippen LogP contribution in [0.3, 0.4) is 0 Å². The van der Waals surface area contributed by atoms with Crippen LogP contribution in [0.4, 0.5) is 5.82 Å². The van der Waals surface area contributed by atoms with E-state index in [2.05, 4.69) is 31.7 Å². The summed E-state index contributed by atoms with van der Waals surface area (Å²) in [6.45, 7) is 9.31. The van der Waals surface area contributed by atoms with Crippen LogP contribution in [0, 0.1) is 11.3 Å². The number of rotatable bonds is 3. The molecule has 6 heteroatoms. The van der Waals surface area contributed by atoms with Gasteiger partial charge in [-0.1, -0.05) is 39.0 Å². The Labute approximate surface area is 183 Å². The Morgan fingerprint density at radius 2 is 1.87 bits per heavy atom. The van der Waals surface area contributed by atoms with E-state index in [4.69, 9.17) is 4.98 Å². The lowest BCUT2D eigenvalue weighted by molar-refractivity contribution is 0.0746. The van der Waals surface area contributed by atoms with Crippen LogP contribution < -0.4 is 4.90 Å². The number of aryl methyl sites for hydroxylation is 1. The lowest BCUT2D eigenvalue weighted by Crippen LogP contribution is -2.49. The second kappa shape index (κ2) is 8.31. The molecule has 3 heterocycles. The van der Waals surface area contributed by atoms with Gasteiger partial charge in [-0.2, -0.15) is 17.0 Å². The van der Waals surface area contributed by atoms with E-state index >= 15 is 0 Å². The molecule has 0 saturated carbocycles. The van der Waals surface area contributed by atoms with Crippen molar-refractivity contribution in [2.45, 2.75) is 44.1 Å². The van der Waals surface area contributed by atoms with Gasteiger partial charge < -0.3 is 9.80 Å². The van der Waals surface area contributed by atoms with Gasteiger partial charge in [0, 0.05) is 47.9 Å². The number of nitrogens with zero attached hydrogens (tertiary/aromatic N) is 4. The summed E-state index contributed by atoms with van der Waals surface area (Å²) < 4.78 is 0.128. The third-order valence-corrected chi connectivity index (χ3v) is 7.38. The van der Waals surface area contributed by atoms with E-state index in [1.54, 1.807) is 0 Å². The van der Waals surface area contributed by atoms with E-state index in [-0.39, 0.29) is 10.7 Å². The van der Waals surface area contributed by atoms with E-state index in [1.807, 2.05) is 47.0 Å². The first kappa shape index (κ1) is 20.7. The van der Waals surface area contributed by atoms with Gasteiger partial charge in [0.2, 0.25) is 0 Å². The number of benzene rings is 1. The van der Waals surface area contributed by atoms with Gasteiger partial charge in [0.1, 0.15) is 11.9 Å². The molecule has 1 amide bonds. The topological polar surface area (TPSA) is 60.2 Å². The first-order valence-electron chi connectivity index (χ1n) is 10.6. The highest BCUT2D eigenvalue weighted by atomic mass is 32.2. The number of piperazine rings is 1. The smallest absolute Gasteiger partial charge is 0.253 e. The number of hydrogen-bond acceptors (Lipinski definition) is 5. The molecule has 1 fully saturated rings. The molecule has 0 spiro atoms. The number of hydrogen-bond donors (Lipinski definition) is 0. The van der Waals surface area contributed by atoms with Crippen molar-refractivity contribution >= 4 is 23.5 Å². The summed E-state index contributed by atoms with van der Waals surface area (Å²) in [7, 11) is 0. The second-order valence-electron chi connectivity index (χ2n) is 8.55. The molecule has 0 bridgehead atoms. The summed E-state index contributed by atoms with van der Waals surface area (Å²) >= 11 is 1.95. The predicted octanol–water partition coefficient (Wildman–Crippen LogP) is 4.05. The number of carbonyl (C=O) groups is 1. The minimum Gasteiger partial charge on any atom is -0.352 e. The van der Waals surface area contributed by atoms with Gasteiger partial charge in [-0.05, 0) is 36.1 Å². The third-order valence-electron chi connectivity index (χ3n) is 6.02. The maximum Gasteiger partial charge on any atom is 0.253 e. The fourth-order valence-corrected chi connectivity index (χ4v) is 5.47. The Morgan fingerprint density at radius 1 is 1.17 bits per heavy atom. The van der Waals surface area contributed by atoms with Crippen molar-refractivity contribution in [2.24, 2.45) is 0 Å². The van der Waals surface area contributed by atoms with E-state index in [0.717, 1.165) is 41.2 Å². The van der Waals surface area contributed by atoms with Crippen molar-refractivity contribution in [1.82, 2.24) is 9.88 Å². The predicted molar refractivity (Wildman–Crippen MR) is 122 cm³/mol. The van der Waals surface area contributed by atoms with E-state index < -0.39 is 0 Å². The molecule has 0 unspecified atom stereocenters. The number of thioether (sulfide) groups is 1. The van der Waals surface area contributed by atoms with Crippen LogP contribution in [0.15, 0.2) is 30.3 Å². The fourth-order valence-electron chi connectivity index (χ4n) is 4.34. The summed E-state index contributed by atoms with van der Waals surface area (Å²) in [6, 6.07) is 11.9. The number of carbonyl (C=O) groups excluding carboxylic acids is 1. The van der Waals surface area contributed by atoms with Gasteiger partial charge in [0.15, 0.2) is 0 Å². The first-order valence-corrected chi connectivity index (χ1v) is 11.6. The van der Waals surface area contributed by atoms with Gasteiger partial charge >= 0.3 is 0 Å². The molecule has 0 N–H and O–H groups in total. The lowest BCUT2D eigenvalue weighted by atomic mass is 9.91. The number of nitriles is 1. The first-order chi connectivity index (χ1) is 14.4. The van der Waals surface area contributed by atoms with Gasteiger partial charge in [-0.15, -0.1) is 0 Å². The number of amides is 1. The molecule has 2 aromatic rings. The SMILES string of the molecule is CCc1nc(N2CCN(C(=O)c3ccccc3)CC2)c(C#N)c2c1CSC(C)(C)C2. The largest absolute Gasteiger partial charge is 0.352 e. The molecule has 30 heavy (non-hydrogen) atoms. The molecule has 1 aromatic carbocycles. The molecule has 2 aliphatic rings. The maximum atomic E-state index is 12.8. The molecular weight excluding hydrogens is 392 g/mol. The van der Waals surface area contributed by atoms with Gasteiger partial charge in [0.05, 0.1) is 5.56 Å². The Hall–Kier alpha value is -2.52. The molecular formula is C24H28N4OS. The zero-order valence-corrected chi connectivity index (χ0v) is 18.8. The molecule has 0 radical (unpaired) electrons. The summed E-state index contributed by atoms with van der Waals surface area (Å²) in [5, 5.41) is 10.0. The van der Waals surface area contributed by atoms with Crippen molar-refractivity contribution in [3.8, 4) is 6.07 Å². The van der Waals surface area contributed by atoms with Crippen LogP contribution in [0.5, 0.6) is 0 Å². The quantitative estimate of drug-likeness (QED) is 0.750. The summed E-state index contributed by atoms with van der Waals surface area (Å²) in [6.07, 6.45) is 1.76. The van der Waals surface area contributed by atoms with Crippen LogP contribution in [-0.2, 0) is 18.6 Å².